The van der Waals surface area contributed by atoms with Crippen LogP contribution in [0.2, 0.25) is 10.0 Å². The van der Waals surface area contributed by atoms with Crippen molar-refractivity contribution in [2.75, 3.05) is 4.72 Å². The molecule has 0 radical (unpaired) electrons. The summed E-state index contributed by atoms with van der Waals surface area (Å²) in [4.78, 5) is 10.9. The Bertz CT molecular complexity index is 900. The van der Waals surface area contributed by atoms with Crippen molar-refractivity contribution in [1.82, 2.24) is 0 Å². The molecule has 122 valence electrons. The number of rotatable bonds is 4. The van der Waals surface area contributed by atoms with E-state index in [1.165, 1.54) is 12.1 Å². The monoisotopic (exact) mass is 437 g/mol. The summed E-state index contributed by atoms with van der Waals surface area (Å²) in [5.74, 6) is -1.32. The number of hydrogen-bond acceptors (Lipinski definition) is 3. The predicted molar refractivity (Wildman–Crippen MR) is 93.1 cm³/mol. The highest BCUT2D eigenvalue weighted by molar-refractivity contribution is 9.10. The van der Waals surface area contributed by atoms with Crippen molar-refractivity contribution >= 4 is 60.8 Å². The van der Waals surface area contributed by atoms with Crippen LogP contribution in [0.5, 0.6) is 0 Å². The largest absolute Gasteiger partial charge is 0.478 e. The molecule has 0 aliphatic carbocycles. The van der Waals surface area contributed by atoms with Crippen molar-refractivity contribution in [3.05, 3.63) is 56.0 Å². The third-order valence-corrected chi connectivity index (χ3v) is 5.82. The molecule has 2 N–H and O–H groups in total. The van der Waals surface area contributed by atoms with E-state index in [2.05, 4.69) is 20.7 Å². The van der Waals surface area contributed by atoms with E-state index in [1.807, 2.05) is 0 Å². The fourth-order valence-corrected chi connectivity index (χ4v) is 4.03. The highest BCUT2D eigenvalue weighted by Crippen LogP contribution is 2.31. The second kappa shape index (κ2) is 6.68. The Hall–Kier alpha value is -1.28. The second-order valence-corrected chi connectivity index (χ2v) is 7.99. The van der Waals surface area contributed by atoms with E-state index in [9.17, 15) is 13.2 Å². The molecule has 0 heterocycles. The molecule has 2 aromatic carbocycles. The zero-order chi connectivity index (χ0) is 17.4. The maximum Gasteiger partial charge on any atom is 0.337 e. The van der Waals surface area contributed by atoms with Crippen LogP contribution in [-0.4, -0.2) is 19.5 Å². The lowest BCUT2D eigenvalue weighted by Crippen LogP contribution is -2.15. The smallest absolute Gasteiger partial charge is 0.337 e. The molecule has 0 saturated heterocycles. The van der Waals surface area contributed by atoms with Gasteiger partial charge in [0.2, 0.25) is 0 Å². The van der Waals surface area contributed by atoms with E-state index in [4.69, 9.17) is 28.3 Å². The van der Waals surface area contributed by atoms with Gasteiger partial charge >= 0.3 is 5.97 Å². The minimum atomic E-state index is -3.99. The lowest BCUT2D eigenvalue weighted by atomic mass is 10.2. The first-order valence-corrected chi connectivity index (χ1v) is 9.16. The van der Waals surface area contributed by atoms with Gasteiger partial charge in [0.25, 0.3) is 10.0 Å². The SMILES string of the molecule is Cc1cc(Cl)ccc1NS(=O)(=O)c1cc(Br)c(Cl)c(C(=O)O)c1. The number of carboxylic acids is 1. The first-order valence-electron chi connectivity index (χ1n) is 6.13. The highest BCUT2D eigenvalue weighted by Gasteiger charge is 2.21. The van der Waals surface area contributed by atoms with Crippen molar-refractivity contribution in [1.29, 1.82) is 0 Å². The third kappa shape index (κ3) is 3.98. The first-order chi connectivity index (χ1) is 10.6. The van der Waals surface area contributed by atoms with Gasteiger partial charge in [-0.25, -0.2) is 13.2 Å². The van der Waals surface area contributed by atoms with Crippen LogP contribution in [0, 0.1) is 6.92 Å². The topological polar surface area (TPSA) is 83.5 Å². The molecule has 0 bridgehead atoms. The quantitative estimate of drug-likeness (QED) is 0.732. The zero-order valence-electron chi connectivity index (χ0n) is 11.6. The molecule has 5 nitrogen and oxygen atoms in total. The van der Waals surface area contributed by atoms with Crippen LogP contribution in [0.4, 0.5) is 5.69 Å². The Morgan fingerprint density at radius 1 is 1.22 bits per heavy atom. The summed E-state index contributed by atoms with van der Waals surface area (Å²) in [5.41, 5.74) is 0.666. The van der Waals surface area contributed by atoms with Gasteiger partial charge in [0.05, 0.1) is 21.2 Å². The first kappa shape index (κ1) is 18.1. The maximum atomic E-state index is 12.5. The van der Waals surface area contributed by atoms with E-state index >= 15 is 0 Å². The van der Waals surface area contributed by atoms with Crippen molar-refractivity contribution in [2.45, 2.75) is 11.8 Å². The predicted octanol–water partition coefficient (Wildman–Crippen LogP) is 4.56. The third-order valence-electron chi connectivity index (χ3n) is 2.98. The van der Waals surface area contributed by atoms with E-state index in [1.54, 1.807) is 19.1 Å². The van der Waals surface area contributed by atoms with Gasteiger partial charge in [-0.15, -0.1) is 0 Å². The van der Waals surface area contributed by atoms with Gasteiger partial charge < -0.3 is 5.11 Å². The lowest BCUT2D eigenvalue weighted by Gasteiger charge is -2.12. The highest BCUT2D eigenvalue weighted by atomic mass is 79.9. The molecule has 0 saturated carbocycles. The number of hydrogen-bond donors (Lipinski definition) is 2. The van der Waals surface area contributed by atoms with Crippen molar-refractivity contribution in [3.8, 4) is 0 Å². The van der Waals surface area contributed by atoms with E-state index in [0.717, 1.165) is 6.07 Å². The summed E-state index contributed by atoms with van der Waals surface area (Å²) in [5, 5.41) is 9.52. The van der Waals surface area contributed by atoms with Crippen molar-refractivity contribution < 1.29 is 18.3 Å². The Kier molecular flexibility index (Phi) is 5.25. The molecule has 0 atom stereocenters. The fraction of sp³-hybridized carbons (Fsp3) is 0.0714. The Balaban J connectivity index is 2.50. The summed E-state index contributed by atoms with van der Waals surface area (Å²) in [6, 6.07) is 6.93. The van der Waals surface area contributed by atoms with Crippen molar-refractivity contribution in [3.63, 3.8) is 0 Å². The zero-order valence-corrected chi connectivity index (χ0v) is 15.5. The van der Waals surface area contributed by atoms with Gasteiger partial charge in [-0.1, -0.05) is 23.2 Å². The molecule has 0 aromatic heterocycles. The van der Waals surface area contributed by atoms with Crippen LogP contribution in [0.25, 0.3) is 0 Å². The van der Waals surface area contributed by atoms with E-state index in [-0.39, 0.29) is 20.0 Å². The summed E-state index contributed by atoms with van der Waals surface area (Å²) >= 11 is 14.8. The van der Waals surface area contributed by atoms with Gasteiger partial charge in [0.1, 0.15) is 0 Å². The van der Waals surface area contributed by atoms with Crippen LogP contribution < -0.4 is 4.72 Å². The van der Waals surface area contributed by atoms with Gasteiger partial charge in [-0.05, 0) is 58.7 Å². The summed E-state index contributed by atoms with van der Waals surface area (Å²) in [6.45, 7) is 1.70. The summed E-state index contributed by atoms with van der Waals surface area (Å²) < 4.78 is 27.5. The fourth-order valence-electron chi connectivity index (χ4n) is 1.82. The van der Waals surface area contributed by atoms with Crippen LogP contribution in [-0.2, 0) is 10.0 Å². The normalized spacial score (nSPS) is 11.3. The van der Waals surface area contributed by atoms with Crippen LogP contribution in [0.15, 0.2) is 39.7 Å². The van der Waals surface area contributed by atoms with E-state index < -0.39 is 16.0 Å². The van der Waals surface area contributed by atoms with E-state index in [0.29, 0.717) is 16.3 Å². The van der Waals surface area contributed by atoms with Gasteiger partial charge in [0, 0.05) is 9.50 Å². The number of sulfonamides is 1. The molecule has 0 aliphatic rings. The molecular formula is C14H10BrCl2NO4S. The molecular weight excluding hydrogens is 429 g/mol. The minimum Gasteiger partial charge on any atom is -0.478 e. The Labute approximate surface area is 151 Å². The molecule has 2 aromatic rings. The number of carboxylic acid groups (broad SMARTS) is 1. The number of anilines is 1. The number of benzene rings is 2. The average molecular weight is 439 g/mol. The lowest BCUT2D eigenvalue weighted by molar-refractivity contribution is 0.0696. The average Bonchev–Trinajstić information content (AvgIpc) is 2.44. The minimum absolute atomic E-state index is 0.0703. The molecule has 0 spiro atoms. The number of carbonyl (C=O) groups is 1. The molecule has 0 fully saturated rings. The van der Waals surface area contributed by atoms with Crippen LogP contribution in [0.3, 0.4) is 0 Å². The maximum absolute atomic E-state index is 12.5. The van der Waals surface area contributed by atoms with Crippen LogP contribution in [0.1, 0.15) is 15.9 Å². The Morgan fingerprint density at radius 2 is 1.87 bits per heavy atom. The van der Waals surface area contributed by atoms with Gasteiger partial charge in [-0.3, -0.25) is 4.72 Å². The number of aryl methyl sites for hydroxylation is 1. The molecule has 0 aliphatic heterocycles. The molecule has 2 rings (SSSR count). The standard InChI is InChI=1S/C14H10BrCl2NO4S/c1-7-4-8(16)2-3-12(7)18-23(21,22)9-5-10(14(19)20)13(17)11(15)6-9/h2-6,18H,1H3,(H,19,20). The van der Waals surface area contributed by atoms with Crippen LogP contribution >= 0.6 is 39.1 Å². The molecule has 0 amide bonds. The molecule has 9 heteroatoms. The second-order valence-electron chi connectivity index (χ2n) is 4.64. The summed E-state index contributed by atoms with van der Waals surface area (Å²) in [7, 11) is -3.99. The number of nitrogens with one attached hydrogen (secondary N) is 1. The Morgan fingerprint density at radius 3 is 2.43 bits per heavy atom. The van der Waals surface area contributed by atoms with Gasteiger partial charge in [-0.2, -0.15) is 0 Å². The molecule has 0 unspecified atom stereocenters. The number of aromatic carboxylic acids is 1. The molecule has 23 heavy (non-hydrogen) atoms. The van der Waals surface area contributed by atoms with Crippen molar-refractivity contribution in [2.24, 2.45) is 0 Å². The van der Waals surface area contributed by atoms with Gasteiger partial charge in [0.15, 0.2) is 0 Å². The summed E-state index contributed by atoms with van der Waals surface area (Å²) in [6.07, 6.45) is 0. The number of halogens is 3.